The molecule has 0 saturated heterocycles. The van der Waals surface area contributed by atoms with E-state index in [1.54, 1.807) is 17.0 Å². The van der Waals surface area contributed by atoms with Gasteiger partial charge in [-0.05, 0) is 39.1 Å². The van der Waals surface area contributed by atoms with Crippen molar-refractivity contribution in [1.29, 1.82) is 0 Å². The molecule has 1 heterocycles. The Labute approximate surface area is 177 Å². The van der Waals surface area contributed by atoms with Gasteiger partial charge in [-0.3, -0.25) is 9.69 Å². The highest BCUT2D eigenvalue weighted by atomic mass is 35.5. The van der Waals surface area contributed by atoms with Gasteiger partial charge < -0.3 is 4.90 Å². The van der Waals surface area contributed by atoms with Crippen molar-refractivity contribution in [2.75, 3.05) is 38.3 Å². The summed E-state index contributed by atoms with van der Waals surface area (Å²) < 4.78 is 25.0. The van der Waals surface area contributed by atoms with E-state index in [1.807, 2.05) is 25.1 Å². The molecule has 0 unspecified atom stereocenters. The Bertz CT molecular complexity index is 922. The van der Waals surface area contributed by atoms with Gasteiger partial charge in [-0.15, -0.1) is 12.4 Å². The molecule has 1 saturated carbocycles. The minimum Gasteiger partial charge on any atom is -0.308 e. The summed E-state index contributed by atoms with van der Waals surface area (Å²) in [6.07, 6.45) is 6.43. The van der Waals surface area contributed by atoms with E-state index in [0.29, 0.717) is 17.2 Å². The second-order valence-electron chi connectivity index (χ2n) is 7.50. The lowest BCUT2D eigenvalue weighted by atomic mass is 9.88. The number of hydrogen-bond donors (Lipinski definition) is 0. The van der Waals surface area contributed by atoms with Crippen molar-refractivity contribution in [2.24, 2.45) is 5.92 Å². The molecule has 1 aliphatic rings. The molecule has 9 heteroatoms. The second kappa shape index (κ2) is 9.52. The Kier molecular flexibility index (Phi) is 7.84. The molecule has 0 N–H and O–H groups in total. The standard InChI is InChI=1S/C19H27N3O3S2.ClH/c1-21(2)12-13-22(18(23)14-8-5-4-6-9-14)19-20-17-15(26-19)10-7-11-16(17)27(3,24)25;/h7,10-11,14H,4-6,8-9,12-13H2,1-3H3;1H. The summed E-state index contributed by atoms with van der Waals surface area (Å²) in [6, 6.07) is 5.17. The van der Waals surface area contributed by atoms with Gasteiger partial charge in [0, 0.05) is 25.3 Å². The van der Waals surface area contributed by atoms with Gasteiger partial charge in [0.2, 0.25) is 5.91 Å². The summed E-state index contributed by atoms with van der Waals surface area (Å²) >= 11 is 1.39. The van der Waals surface area contributed by atoms with Gasteiger partial charge in [0.05, 0.1) is 9.60 Å². The maximum Gasteiger partial charge on any atom is 0.231 e. The van der Waals surface area contributed by atoms with Crippen LogP contribution in [0.5, 0.6) is 0 Å². The molecule has 1 aromatic carbocycles. The van der Waals surface area contributed by atoms with Gasteiger partial charge in [-0.2, -0.15) is 0 Å². The quantitative estimate of drug-likeness (QED) is 0.679. The topological polar surface area (TPSA) is 70.6 Å². The summed E-state index contributed by atoms with van der Waals surface area (Å²) in [5, 5.41) is 0.596. The van der Waals surface area contributed by atoms with E-state index >= 15 is 0 Å². The summed E-state index contributed by atoms with van der Waals surface area (Å²) in [7, 11) is 0.575. The number of para-hydroxylation sites is 1. The fourth-order valence-corrected chi connectivity index (χ4v) is 5.42. The molecule has 1 fully saturated rings. The third kappa shape index (κ3) is 5.23. The molecule has 0 bridgehead atoms. The largest absolute Gasteiger partial charge is 0.308 e. The Balaban J connectivity index is 0.00000280. The predicted octanol–water partition coefficient (Wildman–Crippen LogP) is 3.60. The molecule has 6 nitrogen and oxygen atoms in total. The molecule has 0 spiro atoms. The van der Waals surface area contributed by atoms with Gasteiger partial charge in [0.25, 0.3) is 0 Å². The minimum atomic E-state index is -3.38. The molecule has 156 valence electrons. The number of likely N-dealkylation sites (N-methyl/N-ethyl adjacent to an activating group) is 1. The molecule has 3 rings (SSSR count). The number of thiazole rings is 1. The zero-order valence-electron chi connectivity index (χ0n) is 16.6. The van der Waals surface area contributed by atoms with Crippen molar-refractivity contribution in [2.45, 2.75) is 37.0 Å². The third-order valence-electron chi connectivity index (χ3n) is 4.99. The molecular weight excluding hydrogens is 418 g/mol. The van der Waals surface area contributed by atoms with E-state index in [2.05, 4.69) is 4.98 Å². The zero-order valence-corrected chi connectivity index (χ0v) is 19.0. The summed E-state index contributed by atoms with van der Waals surface area (Å²) in [4.78, 5) is 21.9. The van der Waals surface area contributed by atoms with E-state index in [-0.39, 0.29) is 29.1 Å². The number of rotatable bonds is 6. The SMILES string of the molecule is CN(C)CCN(C(=O)C1CCCCC1)c1nc2c(S(C)(=O)=O)cccc2s1.Cl. The van der Waals surface area contributed by atoms with Crippen molar-refractivity contribution in [1.82, 2.24) is 9.88 Å². The van der Waals surface area contributed by atoms with Crippen LogP contribution in [0.2, 0.25) is 0 Å². The fourth-order valence-electron chi connectivity index (χ4n) is 3.50. The van der Waals surface area contributed by atoms with Gasteiger partial charge in [-0.1, -0.05) is 36.7 Å². The number of halogens is 1. The number of fused-ring (bicyclic) bond motifs is 1. The van der Waals surface area contributed by atoms with Crippen LogP contribution in [0, 0.1) is 5.92 Å². The maximum atomic E-state index is 13.2. The number of carbonyl (C=O) groups excluding carboxylic acids is 1. The number of aromatic nitrogens is 1. The highest BCUT2D eigenvalue weighted by Crippen LogP contribution is 2.34. The highest BCUT2D eigenvalue weighted by Gasteiger charge is 2.29. The average Bonchev–Trinajstić information content (AvgIpc) is 3.05. The van der Waals surface area contributed by atoms with E-state index in [4.69, 9.17) is 0 Å². The predicted molar refractivity (Wildman–Crippen MR) is 117 cm³/mol. The van der Waals surface area contributed by atoms with Crippen LogP contribution in [-0.4, -0.2) is 57.6 Å². The number of benzene rings is 1. The van der Waals surface area contributed by atoms with Gasteiger partial charge in [0.1, 0.15) is 5.52 Å². The molecule has 0 aliphatic heterocycles. The molecule has 0 atom stereocenters. The van der Waals surface area contributed by atoms with Crippen LogP contribution in [0.25, 0.3) is 10.2 Å². The first kappa shape index (κ1) is 23.1. The van der Waals surface area contributed by atoms with Crippen LogP contribution in [0.15, 0.2) is 23.1 Å². The Morgan fingerprint density at radius 1 is 1.18 bits per heavy atom. The first-order valence-corrected chi connectivity index (χ1v) is 12.0. The van der Waals surface area contributed by atoms with E-state index in [1.165, 1.54) is 24.0 Å². The Hall–Kier alpha value is -1.22. The van der Waals surface area contributed by atoms with Crippen LogP contribution >= 0.6 is 23.7 Å². The number of sulfone groups is 1. The number of amides is 1. The molecule has 2 aromatic rings. The van der Waals surface area contributed by atoms with Crippen LogP contribution in [0.3, 0.4) is 0 Å². The average molecular weight is 446 g/mol. The lowest BCUT2D eigenvalue weighted by Crippen LogP contribution is -2.41. The van der Waals surface area contributed by atoms with Crippen LogP contribution < -0.4 is 4.90 Å². The number of nitrogens with zero attached hydrogens (tertiary/aromatic N) is 3. The Morgan fingerprint density at radius 3 is 2.46 bits per heavy atom. The van der Waals surface area contributed by atoms with Gasteiger partial charge in [0.15, 0.2) is 15.0 Å². The number of carbonyl (C=O) groups is 1. The lowest BCUT2D eigenvalue weighted by molar-refractivity contribution is -0.123. The summed E-state index contributed by atoms with van der Waals surface area (Å²) in [5.41, 5.74) is 0.464. The highest BCUT2D eigenvalue weighted by molar-refractivity contribution is 7.91. The molecule has 1 aromatic heterocycles. The zero-order chi connectivity index (χ0) is 19.6. The smallest absolute Gasteiger partial charge is 0.231 e. The van der Waals surface area contributed by atoms with E-state index < -0.39 is 9.84 Å². The molecule has 28 heavy (non-hydrogen) atoms. The lowest BCUT2D eigenvalue weighted by Gasteiger charge is -2.28. The van der Waals surface area contributed by atoms with Crippen molar-refractivity contribution < 1.29 is 13.2 Å². The number of hydrogen-bond acceptors (Lipinski definition) is 6. The second-order valence-corrected chi connectivity index (χ2v) is 10.5. The van der Waals surface area contributed by atoms with Gasteiger partial charge >= 0.3 is 0 Å². The first-order chi connectivity index (χ1) is 12.8. The molecule has 1 amide bonds. The van der Waals surface area contributed by atoms with E-state index in [9.17, 15) is 13.2 Å². The third-order valence-corrected chi connectivity index (χ3v) is 7.16. The van der Waals surface area contributed by atoms with Crippen LogP contribution in [0.1, 0.15) is 32.1 Å². The minimum absolute atomic E-state index is 0. The van der Waals surface area contributed by atoms with Crippen LogP contribution in [0.4, 0.5) is 5.13 Å². The van der Waals surface area contributed by atoms with Crippen molar-refractivity contribution in [3.63, 3.8) is 0 Å². The number of anilines is 1. The van der Waals surface area contributed by atoms with Crippen molar-refractivity contribution in [3.05, 3.63) is 18.2 Å². The fraction of sp³-hybridized carbons (Fsp3) is 0.579. The normalized spacial score (nSPS) is 15.6. The van der Waals surface area contributed by atoms with E-state index in [0.717, 1.165) is 36.9 Å². The molecular formula is C19H28ClN3O3S2. The van der Waals surface area contributed by atoms with Crippen LogP contribution in [-0.2, 0) is 14.6 Å². The Morgan fingerprint density at radius 2 is 1.86 bits per heavy atom. The maximum absolute atomic E-state index is 13.2. The molecule has 0 radical (unpaired) electrons. The van der Waals surface area contributed by atoms with Gasteiger partial charge in [-0.25, -0.2) is 13.4 Å². The molecule has 1 aliphatic carbocycles. The first-order valence-electron chi connectivity index (χ1n) is 9.33. The monoisotopic (exact) mass is 445 g/mol. The van der Waals surface area contributed by atoms with Crippen molar-refractivity contribution >= 4 is 54.8 Å². The van der Waals surface area contributed by atoms with Crippen molar-refractivity contribution in [3.8, 4) is 0 Å². The summed E-state index contributed by atoms with van der Waals surface area (Å²) in [5.74, 6) is 0.166. The summed E-state index contributed by atoms with van der Waals surface area (Å²) in [6.45, 7) is 1.28.